The van der Waals surface area contributed by atoms with Gasteiger partial charge in [-0.2, -0.15) is 0 Å². The van der Waals surface area contributed by atoms with Gasteiger partial charge in [0.2, 0.25) is 0 Å². The number of pyridine rings is 1. The van der Waals surface area contributed by atoms with Gasteiger partial charge in [-0.1, -0.05) is 12.1 Å². The number of nitrogens with zero attached hydrogens (tertiary/aromatic N) is 1. The van der Waals surface area contributed by atoms with Gasteiger partial charge >= 0.3 is 0 Å². The van der Waals surface area contributed by atoms with Gasteiger partial charge in [-0.3, -0.25) is 0 Å². The Morgan fingerprint density at radius 3 is 2.94 bits per heavy atom. The van der Waals surface area contributed by atoms with Crippen LogP contribution in [0.1, 0.15) is 5.56 Å². The van der Waals surface area contributed by atoms with E-state index >= 15 is 0 Å². The second-order valence-corrected chi connectivity index (χ2v) is 4.11. The van der Waals surface area contributed by atoms with Crippen LogP contribution in [0.5, 0.6) is 0 Å². The third-order valence-electron chi connectivity index (χ3n) is 2.70. The molecule has 0 fully saturated rings. The van der Waals surface area contributed by atoms with E-state index in [1.807, 2.05) is 30.5 Å². The van der Waals surface area contributed by atoms with Gasteiger partial charge in [-0.25, -0.2) is 4.98 Å². The molecule has 3 aromatic rings. The molecule has 2 aromatic heterocycles. The van der Waals surface area contributed by atoms with Crippen molar-refractivity contribution in [3.05, 3.63) is 54.2 Å². The molecule has 1 aromatic carbocycles. The molecule has 0 bridgehead atoms. The SMILES string of the molecule is Cc1cccc(Nc2ccc3cc[nH]c3n2)c1. The van der Waals surface area contributed by atoms with E-state index in [1.54, 1.807) is 0 Å². The van der Waals surface area contributed by atoms with Crippen LogP contribution in [0.15, 0.2) is 48.7 Å². The van der Waals surface area contributed by atoms with Crippen molar-refractivity contribution in [3.63, 3.8) is 0 Å². The first-order valence-corrected chi connectivity index (χ1v) is 5.59. The van der Waals surface area contributed by atoms with Crippen molar-refractivity contribution in [2.75, 3.05) is 5.32 Å². The average molecular weight is 223 g/mol. The largest absolute Gasteiger partial charge is 0.346 e. The van der Waals surface area contributed by atoms with Gasteiger partial charge in [0.25, 0.3) is 0 Å². The fourth-order valence-corrected chi connectivity index (χ4v) is 1.87. The lowest BCUT2D eigenvalue weighted by molar-refractivity contribution is 1.31. The summed E-state index contributed by atoms with van der Waals surface area (Å²) in [6.45, 7) is 2.08. The van der Waals surface area contributed by atoms with Gasteiger partial charge in [0.05, 0.1) is 0 Å². The van der Waals surface area contributed by atoms with Crippen LogP contribution in [0.4, 0.5) is 11.5 Å². The Hall–Kier alpha value is -2.29. The molecule has 17 heavy (non-hydrogen) atoms. The summed E-state index contributed by atoms with van der Waals surface area (Å²) in [4.78, 5) is 7.60. The summed E-state index contributed by atoms with van der Waals surface area (Å²) in [5.74, 6) is 0.852. The highest BCUT2D eigenvalue weighted by molar-refractivity contribution is 5.77. The van der Waals surface area contributed by atoms with E-state index in [0.29, 0.717) is 0 Å². The summed E-state index contributed by atoms with van der Waals surface area (Å²) < 4.78 is 0. The van der Waals surface area contributed by atoms with Crippen LogP contribution < -0.4 is 5.32 Å². The van der Waals surface area contributed by atoms with E-state index in [1.165, 1.54) is 5.56 Å². The number of H-pyrrole nitrogens is 1. The van der Waals surface area contributed by atoms with Gasteiger partial charge in [-0.15, -0.1) is 0 Å². The number of hydrogen-bond donors (Lipinski definition) is 2. The molecule has 0 aliphatic rings. The topological polar surface area (TPSA) is 40.7 Å². The minimum absolute atomic E-state index is 0.852. The number of hydrogen-bond acceptors (Lipinski definition) is 2. The van der Waals surface area contributed by atoms with E-state index in [9.17, 15) is 0 Å². The van der Waals surface area contributed by atoms with Crippen molar-refractivity contribution >= 4 is 22.5 Å². The molecule has 0 saturated carbocycles. The molecule has 0 amide bonds. The normalized spacial score (nSPS) is 10.6. The Kier molecular flexibility index (Phi) is 2.29. The standard InChI is InChI=1S/C14H13N3/c1-10-3-2-4-12(9-10)16-13-6-5-11-7-8-15-14(11)17-13/h2-9H,1H3,(H2,15,16,17). The Bertz CT molecular complexity index is 655. The number of nitrogens with one attached hydrogen (secondary N) is 2. The van der Waals surface area contributed by atoms with Crippen LogP contribution in [-0.2, 0) is 0 Å². The van der Waals surface area contributed by atoms with Crippen molar-refractivity contribution in [1.82, 2.24) is 9.97 Å². The Labute approximate surface area is 99.5 Å². The molecule has 84 valence electrons. The average Bonchev–Trinajstić information content (AvgIpc) is 2.76. The highest BCUT2D eigenvalue weighted by Crippen LogP contribution is 2.18. The summed E-state index contributed by atoms with van der Waals surface area (Å²) in [5, 5.41) is 4.42. The molecule has 2 N–H and O–H groups in total. The molecule has 0 radical (unpaired) electrons. The van der Waals surface area contributed by atoms with Crippen LogP contribution in [-0.4, -0.2) is 9.97 Å². The maximum Gasteiger partial charge on any atom is 0.139 e. The van der Waals surface area contributed by atoms with Crippen LogP contribution in [0.3, 0.4) is 0 Å². The van der Waals surface area contributed by atoms with Crippen molar-refractivity contribution < 1.29 is 0 Å². The summed E-state index contributed by atoms with van der Waals surface area (Å²) in [6, 6.07) is 14.3. The molecule has 3 rings (SSSR count). The fourth-order valence-electron chi connectivity index (χ4n) is 1.87. The monoisotopic (exact) mass is 223 g/mol. The van der Waals surface area contributed by atoms with Crippen LogP contribution in [0.25, 0.3) is 11.0 Å². The van der Waals surface area contributed by atoms with Crippen molar-refractivity contribution in [1.29, 1.82) is 0 Å². The summed E-state index contributed by atoms with van der Waals surface area (Å²) in [7, 11) is 0. The lowest BCUT2D eigenvalue weighted by Gasteiger charge is -2.06. The number of benzene rings is 1. The zero-order valence-corrected chi connectivity index (χ0v) is 9.57. The highest BCUT2D eigenvalue weighted by Gasteiger charge is 1.99. The summed E-state index contributed by atoms with van der Waals surface area (Å²) >= 11 is 0. The third kappa shape index (κ3) is 1.99. The molecule has 0 spiro atoms. The number of rotatable bonds is 2. The van der Waals surface area contributed by atoms with E-state index in [0.717, 1.165) is 22.5 Å². The van der Waals surface area contributed by atoms with Crippen LogP contribution in [0, 0.1) is 6.92 Å². The predicted molar refractivity (Wildman–Crippen MR) is 70.6 cm³/mol. The van der Waals surface area contributed by atoms with E-state index in [4.69, 9.17) is 0 Å². The second-order valence-electron chi connectivity index (χ2n) is 4.11. The van der Waals surface area contributed by atoms with Gasteiger partial charge < -0.3 is 10.3 Å². The second kappa shape index (κ2) is 3.94. The molecule has 2 heterocycles. The van der Waals surface area contributed by atoms with E-state index in [-0.39, 0.29) is 0 Å². The van der Waals surface area contributed by atoms with Gasteiger partial charge in [0.15, 0.2) is 0 Å². The van der Waals surface area contributed by atoms with Gasteiger partial charge in [0, 0.05) is 17.3 Å². The molecule has 0 saturated heterocycles. The number of aryl methyl sites for hydroxylation is 1. The van der Waals surface area contributed by atoms with Crippen LogP contribution in [0.2, 0.25) is 0 Å². The molecule has 0 atom stereocenters. The Morgan fingerprint density at radius 1 is 1.12 bits per heavy atom. The summed E-state index contributed by atoms with van der Waals surface area (Å²) in [6.07, 6.45) is 1.90. The predicted octanol–water partition coefficient (Wildman–Crippen LogP) is 3.61. The molecule has 3 nitrogen and oxygen atoms in total. The van der Waals surface area contributed by atoms with E-state index in [2.05, 4.69) is 40.4 Å². The lowest BCUT2D eigenvalue weighted by Crippen LogP contribution is -1.93. The first-order chi connectivity index (χ1) is 8.31. The Morgan fingerprint density at radius 2 is 2.06 bits per heavy atom. The van der Waals surface area contributed by atoms with Crippen LogP contribution >= 0.6 is 0 Å². The number of anilines is 2. The summed E-state index contributed by atoms with van der Waals surface area (Å²) in [5.41, 5.74) is 3.20. The first kappa shape index (κ1) is 9.90. The molecular weight excluding hydrogens is 210 g/mol. The quantitative estimate of drug-likeness (QED) is 0.696. The maximum absolute atomic E-state index is 4.49. The molecule has 0 aliphatic carbocycles. The molecular formula is C14H13N3. The third-order valence-corrected chi connectivity index (χ3v) is 2.70. The van der Waals surface area contributed by atoms with Gasteiger partial charge in [0.1, 0.15) is 11.5 Å². The molecule has 0 aliphatic heterocycles. The highest BCUT2D eigenvalue weighted by atomic mass is 15.0. The zero-order chi connectivity index (χ0) is 11.7. The van der Waals surface area contributed by atoms with E-state index < -0.39 is 0 Å². The molecule has 3 heteroatoms. The van der Waals surface area contributed by atoms with Gasteiger partial charge in [-0.05, 0) is 42.8 Å². The fraction of sp³-hybridized carbons (Fsp3) is 0.0714. The lowest BCUT2D eigenvalue weighted by atomic mass is 10.2. The maximum atomic E-state index is 4.49. The van der Waals surface area contributed by atoms with Crippen molar-refractivity contribution in [2.24, 2.45) is 0 Å². The number of aromatic amines is 1. The Balaban J connectivity index is 1.94. The zero-order valence-electron chi connectivity index (χ0n) is 9.57. The number of aromatic nitrogens is 2. The first-order valence-electron chi connectivity index (χ1n) is 5.59. The van der Waals surface area contributed by atoms with Crippen molar-refractivity contribution in [3.8, 4) is 0 Å². The minimum Gasteiger partial charge on any atom is -0.346 e. The molecule has 0 unspecified atom stereocenters. The minimum atomic E-state index is 0.852. The smallest absolute Gasteiger partial charge is 0.139 e. The number of fused-ring (bicyclic) bond motifs is 1. The van der Waals surface area contributed by atoms with Crippen molar-refractivity contribution in [2.45, 2.75) is 6.92 Å².